The lowest BCUT2D eigenvalue weighted by Crippen LogP contribution is -2.23. The van der Waals surface area contributed by atoms with Gasteiger partial charge in [-0.25, -0.2) is 4.79 Å². The van der Waals surface area contributed by atoms with Crippen LogP contribution in [0.2, 0.25) is 5.02 Å². The zero-order valence-corrected chi connectivity index (χ0v) is 13.5. The molecule has 0 saturated heterocycles. The van der Waals surface area contributed by atoms with E-state index in [-0.39, 0.29) is 6.04 Å². The molecule has 1 atom stereocenters. The highest BCUT2D eigenvalue weighted by Crippen LogP contribution is 2.37. The van der Waals surface area contributed by atoms with Crippen LogP contribution in [0.15, 0.2) is 34.5 Å². The second-order valence-electron chi connectivity index (χ2n) is 4.86. The molecule has 110 valence electrons. The molecule has 1 aromatic carbocycles. The van der Waals surface area contributed by atoms with E-state index in [4.69, 9.17) is 16.7 Å². The van der Waals surface area contributed by atoms with Crippen molar-refractivity contribution >= 4 is 40.7 Å². The van der Waals surface area contributed by atoms with Crippen LogP contribution in [0, 0.1) is 0 Å². The van der Waals surface area contributed by atoms with Crippen molar-refractivity contribution in [2.24, 2.45) is 0 Å². The van der Waals surface area contributed by atoms with E-state index < -0.39 is 5.97 Å². The first-order chi connectivity index (χ1) is 10.1. The summed E-state index contributed by atoms with van der Waals surface area (Å²) in [7, 11) is 0. The zero-order chi connectivity index (χ0) is 14.8. The van der Waals surface area contributed by atoms with Crippen molar-refractivity contribution in [1.82, 2.24) is 5.32 Å². The van der Waals surface area contributed by atoms with Crippen LogP contribution in [0.1, 0.15) is 33.3 Å². The number of halogens is 1. The van der Waals surface area contributed by atoms with Gasteiger partial charge in [0.1, 0.15) is 0 Å². The number of nitrogens with one attached hydrogen (secondary N) is 1. The lowest BCUT2D eigenvalue weighted by atomic mass is 10.0. The molecular formula is C15H14ClNO2S2. The lowest BCUT2D eigenvalue weighted by Gasteiger charge is -2.26. The maximum atomic E-state index is 10.9. The molecule has 2 heterocycles. The van der Waals surface area contributed by atoms with E-state index in [1.807, 2.05) is 23.9 Å². The summed E-state index contributed by atoms with van der Waals surface area (Å²) in [5.41, 5.74) is 1.60. The van der Waals surface area contributed by atoms with E-state index in [9.17, 15) is 4.79 Å². The molecule has 0 amide bonds. The van der Waals surface area contributed by atoms with Gasteiger partial charge < -0.3 is 10.4 Å². The van der Waals surface area contributed by atoms with Crippen molar-refractivity contribution in [3.63, 3.8) is 0 Å². The van der Waals surface area contributed by atoms with Gasteiger partial charge in [0.25, 0.3) is 0 Å². The Morgan fingerprint density at radius 2 is 2.29 bits per heavy atom. The van der Waals surface area contributed by atoms with E-state index in [2.05, 4.69) is 11.4 Å². The molecule has 3 rings (SSSR count). The highest BCUT2D eigenvalue weighted by Gasteiger charge is 2.20. The smallest absolute Gasteiger partial charge is 0.336 e. The molecule has 0 bridgehead atoms. The molecule has 1 aromatic heterocycles. The molecule has 2 N–H and O–H groups in total. The summed E-state index contributed by atoms with van der Waals surface area (Å²) in [4.78, 5) is 13.2. The number of hydrogen-bond donors (Lipinski definition) is 2. The molecular weight excluding hydrogens is 326 g/mol. The molecule has 0 radical (unpaired) electrons. The molecule has 1 unspecified atom stereocenters. The van der Waals surface area contributed by atoms with E-state index in [1.54, 1.807) is 11.4 Å². The SMILES string of the molecule is O=C(O)c1csc(CNC2CCSc3ccc(Cl)cc32)c1. The van der Waals surface area contributed by atoms with Gasteiger partial charge in [-0.3, -0.25) is 0 Å². The van der Waals surface area contributed by atoms with Crippen molar-refractivity contribution in [2.75, 3.05) is 5.75 Å². The van der Waals surface area contributed by atoms with Gasteiger partial charge in [0.05, 0.1) is 5.56 Å². The number of thiophene rings is 1. The minimum Gasteiger partial charge on any atom is -0.478 e. The number of carboxylic acid groups (broad SMARTS) is 1. The van der Waals surface area contributed by atoms with Crippen molar-refractivity contribution < 1.29 is 9.90 Å². The summed E-state index contributed by atoms with van der Waals surface area (Å²) in [6.07, 6.45) is 1.05. The van der Waals surface area contributed by atoms with Crippen LogP contribution in [-0.4, -0.2) is 16.8 Å². The minimum absolute atomic E-state index is 0.273. The summed E-state index contributed by atoms with van der Waals surface area (Å²) >= 11 is 9.43. The largest absolute Gasteiger partial charge is 0.478 e. The molecule has 1 aliphatic heterocycles. The monoisotopic (exact) mass is 339 g/mol. The number of rotatable bonds is 4. The third-order valence-corrected chi connectivity index (χ3v) is 5.73. The standard InChI is InChI=1S/C15H14ClNO2S2/c16-10-1-2-14-12(6-10)13(3-4-20-14)17-7-11-5-9(8-21-11)15(18)19/h1-2,5-6,8,13,17H,3-4,7H2,(H,18,19). The Morgan fingerprint density at radius 1 is 1.43 bits per heavy atom. The number of carbonyl (C=O) groups is 1. The molecule has 6 heteroatoms. The summed E-state index contributed by atoms with van der Waals surface area (Å²) < 4.78 is 0. The van der Waals surface area contributed by atoms with Crippen LogP contribution in [0.25, 0.3) is 0 Å². The Balaban J connectivity index is 1.71. The van der Waals surface area contributed by atoms with E-state index in [0.29, 0.717) is 12.1 Å². The maximum Gasteiger partial charge on any atom is 0.336 e. The van der Waals surface area contributed by atoms with Crippen LogP contribution < -0.4 is 5.32 Å². The average Bonchev–Trinajstić information content (AvgIpc) is 2.94. The first-order valence-electron chi connectivity index (χ1n) is 6.60. The maximum absolute atomic E-state index is 10.9. The Morgan fingerprint density at radius 3 is 3.05 bits per heavy atom. The predicted octanol–water partition coefficient (Wildman–Crippen LogP) is 4.43. The van der Waals surface area contributed by atoms with Crippen LogP contribution in [0.5, 0.6) is 0 Å². The van der Waals surface area contributed by atoms with Gasteiger partial charge >= 0.3 is 5.97 Å². The molecule has 3 nitrogen and oxygen atoms in total. The quantitative estimate of drug-likeness (QED) is 0.865. The van der Waals surface area contributed by atoms with E-state index >= 15 is 0 Å². The van der Waals surface area contributed by atoms with Gasteiger partial charge in [0, 0.05) is 32.8 Å². The van der Waals surface area contributed by atoms with Gasteiger partial charge in [-0.05, 0) is 42.0 Å². The second kappa shape index (κ2) is 6.40. The Bertz CT molecular complexity index is 671. The lowest BCUT2D eigenvalue weighted by molar-refractivity contribution is 0.0697. The summed E-state index contributed by atoms with van der Waals surface area (Å²) in [5.74, 6) is 0.209. The summed E-state index contributed by atoms with van der Waals surface area (Å²) in [5, 5.41) is 14.9. The first kappa shape index (κ1) is 14.9. The van der Waals surface area contributed by atoms with Gasteiger partial charge in [0.2, 0.25) is 0 Å². The van der Waals surface area contributed by atoms with Gasteiger partial charge in [-0.2, -0.15) is 0 Å². The first-order valence-corrected chi connectivity index (χ1v) is 8.84. The number of fused-ring (bicyclic) bond motifs is 1. The highest BCUT2D eigenvalue weighted by atomic mass is 35.5. The van der Waals surface area contributed by atoms with Crippen molar-refractivity contribution in [2.45, 2.75) is 23.9 Å². The van der Waals surface area contributed by atoms with Crippen LogP contribution in [0.4, 0.5) is 0 Å². The minimum atomic E-state index is -0.872. The van der Waals surface area contributed by atoms with Crippen LogP contribution in [0.3, 0.4) is 0 Å². The fourth-order valence-electron chi connectivity index (χ4n) is 2.39. The summed E-state index contributed by atoms with van der Waals surface area (Å²) in [6.45, 7) is 0.680. The third-order valence-electron chi connectivity index (χ3n) is 3.43. The van der Waals surface area contributed by atoms with Crippen molar-refractivity contribution in [3.8, 4) is 0 Å². The predicted molar refractivity (Wildman–Crippen MR) is 87.7 cm³/mol. The number of benzene rings is 1. The topological polar surface area (TPSA) is 49.3 Å². The Hall–Kier alpha value is -1.01. The molecule has 1 aliphatic rings. The fraction of sp³-hybridized carbons (Fsp3) is 0.267. The Labute approximate surface area is 136 Å². The molecule has 0 fully saturated rings. The summed E-state index contributed by atoms with van der Waals surface area (Å²) in [6, 6.07) is 8.03. The average molecular weight is 340 g/mol. The number of hydrogen-bond acceptors (Lipinski definition) is 4. The van der Waals surface area contributed by atoms with E-state index in [1.165, 1.54) is 21.8 Å². The fourth-order valence-corrected chi connectivity index (χ4v) is 4.48. The van der Waals surface area contributed by atoms with Crippen LogP contribution >= 0.6 is 34.7 Å². The van der Waals surface area contributed by atoms with Crippen LogP contribution in [-0.2, 0) is 6.54 Å². The second-order valence-corrected chi connectivity index (χ2v) is 7.43. The molecule has 0 aliphatic carbocycles. The highest BCUT2D eigenvalue weighted by molar-refractivity contribution is 7.99. The molecule has 2 aromatic rings. The van der Waals surface area contributed by atoms with E-state index in [0.717, 1.165) is 22.1 Å². The van der Waals surface area contributed by atoms with Crippen molar-refractivity contribution in [1.29, 1.82) is 0 Å². The molecule has 0 spiro atoms. The number of aromatic carboxylic acids is 1. The third kappa shape index (κ3) is 3.43. The molecule has 0 saturated carbocycles. The van der Waals surface area contributed by atoms with Gasteiger partial charge in [-0.1, -0.05) is 11.6 Å². The van der Waals surface area contributed by atoms with Gasteiger partial charge in [-0.15, -0.1) is 23.1 Å². The number of carboxylic acids is 1. The normalized spacial score (nSPS) is 17.5. The zero-order valence-electron chi connectivity index (χ0n) is 11.1. The number of thioether (sulfide) groups is 1. The Kier molecular flexibility index (Phi) is 4.54. The van der Waals surface area contributed by atoms with Crippen molar-refractivity contribution in [3.05, 3.63) is 50.7 Å². The molecule has 21 heavy (non-hydrogen) atoms. The van der Waals surface area contributed by atoms with Gasteiger partial charge in [0.15, 0.2) is 0 Å².